The lowest BCUT2D eigenvalue weighted by molar-refractivity contribution is -0.304. The van der Waals surface area contributed by atoms with E-state index in [4.69, 9.17) is 14.4 Å². The summed E-state index contributed by atoms with van der Waals surface area (Å²) in [6.07, 6.45) is 5.76. The Hall–Kier alpha value is -1.21. The van der Waals surface area contributed by atoms with Gasteiger partial charge in [-0.25, -0.2) is 9.68 Å². The van der Waals surface area contributed by atoms with Crippen molar-refractivity contribution in [1.82, 2.24) is 0 Å². The quantitative estimate of drug-likeness (QED) is 0.244. The molecule has 7 atom stereocenters. The molecule has 0 saturated carbocycles. The fourth-order valence-electron chi connectivity index (χ4n) is 4.39. The van der Waals surface area contributed by atoms with Crippen LogP contribution < -0.4 is 0 Å². The predicted molar refractivity (Wildman–Crippen MR) is 95.3 cm³/mol. The highest BCUT2D eigenvalue weighted by atomic mass is 17.1. The minimum absolute atomic E-state index is 0.113. The summed E-state index contributed by atoms with van der Waals surface area (Å²) in [5, 5.41) is 20.3. The molecule has 3 aliphatic rings. The van der Waals surface area contributed by atoms with Crippen molar-refractivity contribution in [2.75, 3.05) is 0 Å². The summed E-state index contributed by atoms with van der Waals surface area (Å²) in [7, 11) is 0. The van der Waals surface area contributed by atoms with Gasteiger partial charge in [0.15, 0.2) is 0 Å². The van der Waals surface area contributed by atoms with Crippen molar-refractivity contribution < 1.29 is 29.5 Å². The summed E-state index contributed by atoms with van der Waals surface area (Å²) in [5.74, 6) is -0.337. The van der Waals surface area contributed by atoms with E-state index < -0.39 is 17.3 Å². The smallest absolute Gasteiger partial charge is 0.334 e. The maximum Gasteiger partial charge on any atom is 0.334 e. The van der Waals surface area contributed by atoms with Gasteiger partial charge in [0.2, 0.25) is 0 Å². The molecular weight excluding hydrogens is 336 g/mol. The molecule has 146 valence electrons. The molecule has 0 aromatic carbocycles. The number of rotatable bonds is 1. The molecule has 0 aromatic heterocycles. The summed E-state index contributed by atoms with van der Waals surface area (Å²) in [5.41, 5.74) is -1.40. The average Bonchev–Trinajstić information content (AvgIpc) is 2.87. The fraction of sp³-hybridized carbons (Fsp3) is 0.750. The Morgan fingerprint density at radius 3 is 2.77 bits per heavy atom. The van der Waals surface area contributed by atoms with Crippen LogP contribution in [0.5, 0.6) is 0 Å². The molecule has 3 rings (SSSR count). The summed E-state index contributed by atoms with van der Waals surface area (Å²) in [4.78, 5) is 16.7. The third-order valence-electron chi connectivity index (χ3n) is 6.26. The van der Waals surface area contributed by atoms with Crippen LogP contribution in [0.2, 0.25) is 0 Å². The van der Waals surface area contributed by atoms with Gasteiger partial charge in [-0.05, 0) is 51.9 Å². The van der Waals surface area contributed by atoms with Crippen LogP contribution in [0.25, 0.3) is 0 Å². The SMILES string of the molecule is C=C1C(=O)O[C@H]2[C@@H]3O[C@@H](C[C@@H]12)[C@](C)(O)C/C=C/[C@@](C)(OO)CCC[C@H]3C. The lowest BCUT2D eigenvalue weighted by Crippen LogP contribution is -2.54. The molecule has 0 radical (unpaired) electrons. The van der Waals surface area contributed by atoms with Gasteiger partial charge in [0.1, 0.15) is 11.7 Å². The Kier molecular flexibility index (Phi) is 5.32. The molecule has 0 aromatic rings. The molecule has 2 saturated heterocycles. The van der Waals surface area contributed by atoms with Crippen LogP contribution in [0.15, 0.2) is 24.3 Å². The van der Waals surface area contributed by atoms with E-state index in [0.29, 0.717) is 24.8 Å². The van der Waals surface area contributed by atoms with E-state index in [1.165, 1.54) is 0 Å². The van der Waals surface area contributed by atoms with Crippen molar-refractivity contribution in [3.63, 3.8) is 0 Å². The van der Waals surface area contributed by atoms with Crippen LogP contribution in [0.1, 0.15) is 52.9 Å². The van der Waals surface area contributed by atoms with Crippen LogP contribution >= 0.6 is 0 Å². The zero-order valence-corrected chi connectivity index (χ0v) is 15.8. The summed E-state index contributed by atoms with van der Waals surface area (Å²) in [6.45, 7) is 9.55. The van der Waals surface area contributed by atoms with Gasteiger partial charge in [0, 0.05) is 11.5 Å². The molecule has 2 bridgehead atoms. The van der Waals surface area contributed by atoms with E-state index >= 15 is 0 Å². The highest BCUT2D eigenvalue weighted by Gasteiger charge is 2.53. The van der Waals surface area contributed by atoms with E-state index in [-0.39, 0.29) is 30.0 Å². The molecular formula is C20H30O6. The van der Waals surface area contributed by atoms with E-state index in [9.17, 15) is 15.2 Å². The van der Waals surface area contributed by atoms with E-state index in [2.05, 4.69) is 13.5 Å². The zero-order valence-electron chi connectivity index (χ0n) is 15.8. The number of ether oxygens (including phenoxy) is 2. The van der Waals surface area contributed by atoms with Crippen LogP contribution in [0.4, 0.5) is 0 Å². The number of aliphatic hydroxyl groups is 1. The lowest BCUT2D eigenvalue weighted by Gasteiger charge is -2.45. The number of hydrogen-bond acceptors (Lipinski definition) is 6. The molecule has 26 heavy (non-hydrogen) atoms. The topological polar surface area (TPSA) is 85.2 Å². The van der Waals surface area contributed by atoms with E-state index in [1.807, 2.05) is 13.0 Å². The van der Waals surface area contributed by atoms with Gasteiger partial charge < -0.3 is 14.6 Å². The van der Waals surface area contributed by atoms with Gasteiger partial charge >= 0.3 is 5.97 Å². The van der Waals surface area contributed by atoms with Crippen LogP contribution in [0, 0.1) is 11.8 Å². The van der Waals surface area contributed by atoms with E-state index in [1.54, 1.807) is 13.0 Å². The monoisotopic (exact) mass is 366 g/mol. The standard InChI is InChI=1S/C20H30O6/c1-12-7-5-8-19(3,26-23)9-6-10-20(4,22)15-11-14-13(2)18(21)25-17(14)16(12)24-15/h6,9,12,14-17,22-23H,2,5,7-8,10-11H2,1,3-4H3/b9-6+/t12-,14+,15+,16-,17-,19+,20-/m1/s1. The number of fused-ring (bicyclic) bond motifs is 4. The Morgan fingerprint density at radius 1 is 1.35 bits per heavy atom. The molecule has 0 aliphatic carbocycles. The molecule has 0 unspecified atom stereocenters. The molecule has 6 heteroatoms. The van der Waals surface area contributed by atoms with Crippen molar-refractivity contribution in [3.8, 4) is 0 Å². The lowest BCUT2D eigenvalue weighted by atomic mass is 9.76. The van der Waals surface area contributed by atoms with Crippen molar-refractivity contribution in [2.45, 2.75) is 82.4 Å². The highest BCUT2D eigenvalue weighted by Crippen LogP contribution is 2.44. The Labute approximate surface area is 154 Å². The molecule has 6 nitrogen and oxygen atoms in total. The molecule has 3 heterocycles. The first-order valence-corrected chi connectivity index (χ1v) is 9.45. The fourth-order valence-corrected chi connectivity index (χ4v) is 4.39. The van der Waals surface area contributed by atoms with Crippen molar-refractivity contribution in [3.05, 3.63) is 24.3 Å². The molecule has 2 fully saturated rings. The van der Waals surface area contributed by atoms with Gasteiger partial charge in [-0.2, -0.15) is 0 Å². The Balaban J connectivity index is 1.91. The first kappa shape index (κ1) is 19.5. The second-order valence-corrected chi connectivity index (χ2v) is 8.56. The van der Waals surface area contributed by atoms with Crippen LogP contribution in [0.3, 0.4) is 0 Å². The number of carbonyl (C=O) groups is 1. The maximum absolute atomic E-state index is 12.0. The van der Waals surface area contributed by atoms with Gasteiger partial charge in [0.25, 0.3) is 0 Å². The Morgan fingerprint density at radius 2 is 2.08 bits per heavy atom. The van der Waals surface area contributed by atoms with Gasteiger partial charge in [0.05, 0.1) is 17.8 Å². The number of carbonyl (C=O) groups excluding carboxylic acids is 1. The first-order chi connectivity index (χ1) is 12.2. The number of hydrogen-bond donors (Lipinski definition) is 2. The van der Waals surface area contributed by atoms with Crippen LogP contribution in [-0.4, -0.2) is 45.8 Å². The molecule has 0 amide bonds. The predicted octanol–water partition coefficient (Wildman–Crippen LogP) is 3.01. The molecule has 0 spiro atoms. The summed E-state index contributed by atoms with van der Waals surface area (Å²) < 4.78 is 11.9. The first-order valence-electron chi connectivity index (χ1n) is 9.45. The second-order valence-electron chi connectivity index (χ2n) is 8.56. The summed E-state index contributed by atoms with van der Waals surface area (Å²) in [6, 6.07) is 0. The summed E-state index contributed by atoms with van der Waals surface area (Å²) >= 11 is 0. The number of esters is 1. The Bertz CT molecular complexity index is 597. The third-order valence-corrected chi connectivity index (χ3v) is 6.26. The largest absolute Gasteiger partial charge is 0.456 e. The van der Waals surface area contributed by atoms with Gasteiger partial charge in [-0.3, -0.25) is 5.26 Å². The van der Waals surface area contributed by atoms with Crippen molar-refractivity contribution in [2.24, 2.45) is 11.8 Å². The third kappa shape index (κ3) is 3.60. The zero-order chi connectivity index (χ0) is 19.1. The average molecular weight is 366 g/mol. The van der Waals surface area contributed by atoms with E-state index in [0.717, 1.165) is 12.8 Å². The van der Waals surface area contributed by atoms with Crippen molar-refractivity contribution in [1.29, 1.82) is 0 Å². The molecule has 2 N–H and O–H groups in total. The second kappa shape index (κ2) is 7.08. The van der Waals surface area contributed by atoms with Crippen molar-refractivity contribution >= 4 is 5.97 Å². The minimum atomic E-state index is -1.11. The normalized spacial score (nSPS) is 48.1. The minimum Gasteiger partial charge on any atom is -0.456 e. The highest BCUT2D eigenvalue weighted by molar-refractivity contribution is 5.91. The van der Waals surface area contributed by atoms with Crippen LogP contribution in [-0.2, 0) is 19.2 Å². The molecule has 3 aliphatic heterocycles. The van der Waals surface area contributed by atoms with Gasteiger partial charge in [-0.1, -0.05) is 25.7 Å². The maximum atomic E-state index is 12.0. The van der Waals surface area contributed by atoms with Gasteiger partial charge in [-0.15, -0.1) is 0 Å².